The summed E-state index contributed by atoms with van der Waals surface area (Å²) < 4.78 is 0. The molecular weight excluding hydrogens is 124 g/mol. The van der Waals surface area contributed by atoms with Gasteiger partial charge >= 0.3 is 0 Å². The summed E-state index contributed by atoms with van der Waals surface area (Å²) in [5.41, 5.74) is 5.81. The Balaban J connectivity index is 2.24. The maximum absolute atomic E-state index is 5.81. The third-order valence-electron chi connectivity index (χ3n) is 2.16. The zero-order chi connectivity index (χ0) is 7.40. The first-order valence-electron chi connectivity index (χ1n) is 4.13. The molecule has 10 heavy (non-hydrogen) atoms. The van der Waals surface area contributed by atoms with Crippen LogP contribution >= 0.6 is 0 Å². The van der Waals surface area contributed by atoms with E-state index in [0.717, 1.165) is 6.42 Å². The first-order valence-corrected chi connectivity index (χ1v) is 4.13. The number of hydrogen-bond donors (Lipinski definition) is 1. The van der Waals surface area contributed by atoms with E-state index in [2.05, 4.69) is 11.8 Å². The molecule has 0 amide bonds. The molecule has 0 aromatic heterocycles. The first-order chi connectivity index (χ1) is 4.84. The van der Waals surface area contributed by atoms with Crippen molar-refractivity contribution < 1.29 is 0 Å². The molecule has 2 nitrogen and oxygen atoms in total. The van der Waals surface area contributed by atoms with Crippen LogP contribution in [-0.4, -0.2) is 24.2 Å². The van der Waals surface area contributed by atoms with Crippen LogP contribution in [0.1, 0.15) is 25.7 Å². The standard InChI is InChI=1S/C8H17N2/c1-2-8(9)10-6-4-3-5-7-10/h8H,1-7,9H2. The predicted octanol–water partition coefficient (Wildman–Crippen LogP) is 0.981. The third-order valence-corrected chi connectivity index (χ3v) is 2.16. The number of rotatable bonds is 2. The summed E-state index contributed by atoms with van der Waals surface area (Å²) >= 11 is 0. The number of nitrogens with two attached hydrogens (primary N) is 1. The maximum atomic E-state index is 5.81. The number of likely N-dealkylation sites (tertiary alicyclic amines) is 1. The smallest absolute Gasteiger partial charge is 0.0571 e. The van der Waals surface area contributed by atoms with Crippen molar-refractivity contribution in [2.45, 2.75) is 31.8 Å². The van der Waals surface area contributed by atoms with E-state index < -0.39 is 0 Å². The van der Waals surface area contributed by atoms with Crippen molar-refractivity contribution in [3.05, 3.63) is 6.92 Å². The molecule has 1 saturated heterocycles. The second-order valence-corrected chi connectivity index (χ2v) is 2.95. The zero-order valence-corrected chi connectivity index (χ0v) is 6.55. The molecular formula is C8H17N2. The van der Waals surface area contributed by atoms with Gasteiger partial charge in [-0.05, 0) is 32.4 Å². The van der Waals surface area contributed by atoms with Crippen LogP contribution in [0.15, 0.2) is 0 Å². The van der Waals surface area contributed by atoms with Crippen LogP contribution in [0.2, 0.25) is 0 Å². The van der Waals surface area contributed by atoms with Gasteiger partial charge in [0.2, 0.25) is 0 Å². The maximum Gasteiger partial charge on any atom is 0.0571 e. The molecule has 1 heterocycles. The molecule has 1 aliphatic heterocycles. The van der Waals surface area contributed by atoms with Gasteiger partial charge < -0.3 is 5.73 Å². The molecule has 0 spiro atoms. The van der Waals surface area contributed by atoms with Gasteiger partial charge in [-0.2, -0.15) is 0 Å². The summed E-state index contributed by atoms with van der Waals surface area (Å²) in [5, 5.41) is 0. The molecule has 0 aliphatic carbocycles. The van der Waals surface area contributed by atoms with Crippen molar-refractivity contribution in [1.82, 2.24) is 4.90 Å². The molecule has 2 heteroatoms. The summed E-state index contributed by atoms with van der Waals surface area (Å²) in [7, 11) is 0. The highest BCUT2D eigenvalue weighted by atomic mass is 15.2. The molecule has 0 aromatic rings. The van der Waals surface area contributed by atoms with Crippen molar-refractivity contribution in [2.75, 3.05) is 13.1 Å². The fraction of sp³-hybridized carbons (Fsp3) is 0.875. The Kier molecular flexibility index (Phi) is 3.16. The van der Waals surface area contributed by atoms with Crippen molar-refractivity contribution in [3.8, 4) is 0 Å². The Bertz CT molecular complexity index is 87.3. The normalized spacial score (nSPS) is 24.6. The van der Waals surface area contributed by atoms with Crippen LogP contribution in [0.5, 0.6) is 0 Å². The van der Waals surface area contributed by atoms with E-state index in [4.69, 9.17) is 5.73 Å². The van der Waals surface area contributed by atoms with E-state index in [0.29, 0.717) is 0 Å². The quantitative estimate of drug-likeness (QED) is 0.621. The van der Waals surface area contributed by atoms with E-state index in [9.17, 15) is 0 Å². The molecule has 1 aliphatic rings. The van der Waals surface area contributed by atoms with E-state index in [-0.39, 0.29) is 6.17 Å². The molecule has 1 atom stereocenters. The lowest BCUT2D eigenvalue weighted by Gasteiger charge is -2.31. The SMILES string of the molecule is [CH2]CC(N)N1CCCCC1. The van der Waals surface area contributed by atoms with Crippen molar-refractivity contribution in [3.63, 3.8) is 0 Å². The van der Waals surface area contributed by atoms with Crippen molar-refractivity contribution in [2.24, 2.45) is 5.73 Å². The van der Waals surface area contributed by atoms with Gasteiger partial charge in [0.15, 0.2) is 0 Å². The first kappa shape index (κ1) is 8.02. The highest BCUT2D eigenvalue weighted by molar-refractivity contribution is 4.70. The average molecular weight is 141 g/mol. The number of nitrogens with zero attached hydrogens (tertiary/aromatic N) is 1. The van der Waals surface area contributed by atoms with E-state index in [1.165, 1.54) is 32.4 Å². The van der Waals surface area contributed by atoms with Crippen LogP contribution in [0.4, 0.5) is 0 Å². The van der Waals surface area contributed by atoms with Gasteiger partial charge in [0.25, 0.3) is 0 Å². The lowest BCUT2D eigenvalue weighted by molar-refractivity contribution is 0.167. The fourth-order valence-electron chi connectivity index (χ4n) is 1.43. The fourth-order valence-corrected chi connectivity index (χ4v) is 1.43. The van der Waals surface area contributed by atoms with Gasteiger partial charge in [0.1, 0.15) is 0 Å². The molecule has 2 N–H and O–H groups in total. The van der Waals surface area contributed by atoms with Gasteiger partial charge in [-0.25, -0.2) is 0 Å². The molecule has 1 rings (SSSR count). The minimum Gasteiger partial charge on any atom is -0.316 e. The molecule has 0 saturated carbocycles. The lowest BCUT2D eigenvalue weighted by Crippen LogP contribution is -2.44. The van der Waals surface area contributed by atoms with Gasteiger partial charge in [-0.3, -0.25) is 4.90 Å². The van der Waals surface area contributed by atoms with Crippen molar-refractivity contribution >= 4 is 0 Å². The van der Waals surface area contributed by atoms with E-state index in [1.54, 1.807) is 0 Å². The topological polar surface area (TPSA) is 29.3 Å². The zero-order valence-electron chi connectivity index (χ0n) is 6.55. The minimum atomic E-state index is 0.209. The average Bonchev–Trinajstić information content (AvgIpc) is 2.05. The van der Waals surface area contributed by atoms with E-state index in [1.807, 2.05) is 0 Å². The van der Waals surface area contributed by atoms with Crippen molar-refractivity contribution in [1.29, 1.82) is 0 Å². The summed E-state index contributed by atoms with van der Waals surface area (Å²) in [6.07, 6.45) is 5.04. The van der Waals surface area contributed by atoms with E-state index >= 15 is 0 Å². The number of piperidine rings is 1. The van der Waals surface area contributed by atoms with Gasteiger partial charge in [0.05, 0.1) is 6.17 Å². The lowest BCUT2D eigenvalue weighted by atomic mass is 10.1. The highest BCUT2D eigenvalue weighted by Gasteiger charge is 2.14. The highest BCUT2D eigenvalue weighted by Crippen LogP contribution is 2.10. The van der Waals surface area contributed by atoms with Crippen LogP contribution in [-0.2, 0) is 0 Å². The molecule has 1 unspecified atom stereocenters. The third kappa shape index (κ3) is 1.96. The summed E-state index contributed by atoms with van der Waals surface area (Å²) in [4.78, 5) is 2.33. The molecule has 59 valence electrons. The number of hydrogen-bond acceptors (Lipinski definition) is 2. The van der Waals surface area contributed by atoms with Gasteiger partial charge in [-0.15, -0.1) is 0 Å². The summed E-state index contributed by atoms with van der Waals surface area (Å²) in [6, 6.07) is 0. The Morgan fingerprint density at radius 2 is 1.90 bits per heavy atom. The molecule has 0 aromatic carbocycles. The molecule has 0 bridgehead atoms. The van der Waals surface area contributed by atoms with Gasteiger partial charge in [0, 0.05) is 0 Å². The molecule has 1 fully saturated rings. The summed E-state index contributed by atoms with van der Waals surface area (Å²) in [6.45, 7) is 6.15. The van der Waals surface area contributed by atoms with Crippen LogP contribution < -0.4 is 5.73 Å². The Morgan fingerprint density at radius 3 is 2.40 bits per heavy atom. The second kappa shape index (κ2) is 3.94. The molecule has 1 radical (unpaired) electrons. The largest absolute Gasteiger partial charge is 0.316 e. The van der Waals surface area contributed by atoms with Crippen LogP contribution in [0.25, 0.3) is 0 Å². The van der Waals surface area contributed by atoms with Crippen LogP contribution in [0, 0.1) is 6.92 Å². The second-order valence-electron chi connectivity index (χ2n) is 2.95. The summed E-state index contributed by atoms with van der Waals surface area (Å²) in [5.74, 6) is 0. The Morgan fingerprint density at radius 1 is 1.30 bits per heavy atom. The minimum absolute atomic E-state index is 0.209. The monoisotopic (exact) mass is 141 g/mol. The van der Waals surface area contributed by atoms with Gasteiger partial charge in [-0.1, -0.05) is 13.3 Å². The van der Waals surface area contributed by atoms with Crippen LogP contribution in [0.3, 0.4) is 0 Å². The predicted molar refractivity (Wildman–Crippen MR) is 43.4 cm³/mol. The Hall–Kier alpha value is -0.0800. The Labute approximate surface area is 63.4 Å².